The van der Waals surface area contributed by atoms with Crippen LogP contribution in [0.5, 0.6) is 0 Å². The van der Waals surface area contributed by atoms with Crippen LogP contribution >= 0.6 is 11.8 Å². The van der Waals surface area contributed by atoms with E-state index in [1.807, 2.05) is 6.07 Å². The van der Waals surface area contributed by atoms with Gasteiger partial charge in [-0.2, -0.15) is 8.78 Å². The normalized spacial score (nSPS) is 17.5. The van der Waals surface area contributed by atoms with Gasteiger partial charge in [-0.05, 0) is 12.1 Å². The zero-order valence-corrected chi connectivity index (χ0v) is 10.7. The van der Waals surface area contributed by atoms with Crippen molar-refractivity contribution in [2.45, 2.75) is 18.1 Å². The molecule has 0 saturated carbocycles. The highest BCUT2D eigenvalue weighted by molar-refractivity contribution is 7.98. The average molecular weight is 278 g/mol. The van der Waals surface area contributed by atoms with E-state index in [0.29, 0.717) is 24.1 Å². The molecule has 1 N–H and O–H groups in total. The number of thioether (sulfide) groups is 1. The maximum atomic E-state index is 12.0. The summed E-state index contributed by atoms with van der Waals surface area (Å²) < 4.78 is 34.7. The molecule has 1 aliphatic heterocycles. The van der Waals surface area contributed by atoms with Gasteiger partial charge in [0.05, 0.1) is 25.5 Å². The van der Waals surface area contributed by atoms with Gasteiger partial charge >= 0.3 is 0 Å². The third-order valence-electron chi connectivity index (χ3n) is 2.56. The van der Waals surface area contributed by atoms with Crippen LogP contribution in [-0.2, 0) is 17.0 Å². The molecule has 18 heavy (non-hydrogen) atoms. The summed E-state index contributed by atoms with van der Waals surface area (Å²) in [5, 5.41) is 2.07. The van der Waals surface area contributed by atoms with E-state index in [-0.39, 0.29) is 5.75 Å². The maximum absolute atomic E-state index is 12.0. The Kier molecular flexibility index (Phi) is 5.43. The predicted molar refractivity (Wildman–Crippen MR) is 65.2 cm³/mol. The molecule has 0 spiro atoms. The molecule has 1 saturated heterocycles. The number of rotatable bonds is 6. The summed E-state index contributed by atoms with van der Waals surface area (Å²) >= 11 is 0.569. The second-order valence-corrected chi connectivity index (χ2v) is 4.85. The molecular weight excluding hydrogens is 262 g/mol. The molecule has 0 unspecified atom stereocenters. The number of ether oxygens (including phenoxy) is 1. The first-order valence-corrected chi connectivity index (χ1v) is 6.82. The Morgan fingerprint density at radius 1 is 1.28 bits per heavy atom. The van der Waals surface area contributed by atoms with E-state index in [4.69, 9.17) is 9.15 Å². The molecule has 0 aromatic carbocycles. The Morgan fingerprint density at radius 2 is 2.00 bits per heavy atom. The monoisotopic (exact) mass is 278 g/mol. The quantitative estimate of drug-likeness (QED) is 0.862. The summed E-state index contributed by atoms with van der Waals surface area (Å²) in [4.78, 5) is 0. The molecule has 7 heteroatoms. The second-order valence-electron chi connectivity index (χ2n) is 3.87. The lowest BCUT2D eigenvalue weighted by Crippen LogP contribution is -2.45. The molecule has 0 atom stereocenters. The van der Waals surface area contributed by atoms with Crippen molar-refractivity contribution in [3.05, 3.63) is 23.7 Å². The van der Waals surface area contributed by atoms with Gasteiger partial charge in [0.2, 0.25) is 0 Å². The van der Waals surface area contributed by atoms with Gasteiger partial charge in [-0.15, -0.1) is 0 Å². The number of alkyl halides is 2. The Bertz CT molecular complexity index is 357. The first-order valence-electron chi connectivity index (χ1n) is 5.77. The summed E-state index contributed by atoms with van der Waals surface area (Å²) in [5.41, 5.74) is 3.22. The number of halogens is 2. The van der Waals surface area contributed by atoms with Gasteiger partial charge < -0.3 is 9.15 Å². The average Bonchev–Trinajstić information content (AvgIpc) is 2.83. The van der Waals surface area contributed by atoms with Crippen molar-refractivity contribution in [1.82, 2.24) is 10.4 Å². The van der Waals surface area contributed by atoms with E-state index in [0.717, 1.165) is 32.1 Å². The minimum absolute atomic E-state index is 0.204. The van der Waals surface area contributed by atoms with Crippen LogP contribution in [0.4, 0.5) is 8.78 Å². The fourth-order valence-electron chi connectivity index (χ4n) is 1.65. The summed E-state index contributed by atoms with van der Waals surface area (Å²) in [5.74, 6) is -0.814. The topological polar surface area (TPSA) is 37.6 Å². The first kappa shape index (κ1) is 13.8. The van der Waals surface area contributed by atoms with E-state index < -0.39 is 5.76 Å². The molecule has 1 aliphatic rings. The number of hydrazine groups is 1. The zero-order chi connectivity index (χ0) is 12.8. The zero-order valence-electron chi connectivity index (χ0n) is 9.90. The van der Waals surface area contributed by atoms with Crippen LogP contribution in [0.1, 0.15) is 11.5 Å². The molecule has 0 bridgehead atoms. The highest BCUT2D eigenvalue weighted by atomic mass is 32.2. The Hall–Kier alpha value is -0.630. The molecule has 2 heterocycles. The van der Waals surface area contributed by atoms with Gasteiger partial charge in [-0.1, -0.05) is 11.8 Å². The van der Waals surface area contributed by atoms with Crippen molar-refractivity contribution in [3.63, 3.8) is 0 Å². The summed E-state index contributed by atoms with van der Waals surface area (Å²) in [6, 6.07) is 3.56. The van der Waals surface area contributed by atoms with Crippen molar-refractivity contribution < 1.29 is 17.9 Å². The van der Waals surface area contributed by atoms with Gasteiger partial charge in [0.1, 0.15) is 11.5 Å². The minimum Gasteiger partial charge on any atom is -0.464 e. The standard InChI is InChI=1S/C11H16F2N2O2S/c12-11(13)18-8-10-2-1-9(17-10)7-14-15-3-5-16-6-4-15/h1-2,11,14H,3-8H2. The van der Waals surface area contributed by atoms with Gasteiger partial charge in [0, 0.05) is 13.1 Å². The smallest absolute Gasteiger partial charge is 0.284 e. The largest absolute Gasteiger partial charge is 0.464 e. The molecule has 4 nitrogen and oxygen atoms in total. The fourth-order valence-corrected chi connectivity index (χ4v) is 2.10. The minimum atomic E-state index is -2.36. The first-order chi connectivity index (χ1) is 8.74. The van der Waals surface area contributed by atoms with Crippen LogP contribution in [0.3, 0.4) is 0 Å². The third-order valence-corrected chi connectivity index (χ3v) is 3.26. The van der Waals surface area contributed by atoms with Gasteiger partial charge in [0.25, 0.3) is 5.76 Å². The summed E-state index contributed by atoms with van der Waals surface area (Å²) in [6.45, 7) is 3.70. The molecular formula is C11H16F2N2O2S. The third kappa shape index (κ3) is 4.56. The lowest BCUT2D eigenvalue weighted by Gasteiger charge is -2.26. The number of nitrogens with one attached hydrogen (secondary N) is 1. The number of morpholine rings is 1. The maximum Gasteiger partial charge on any atom is 0.284 e. The number of furan rings is 1. The van der Waals surface area contributed by atoms with Crippen molar-refractivity contribution in [2.75, 3.05) is 26.3 Å². The number of hydrogen-bond acceptors (Lipinski definition) is 5. The molecule has 0 radical (unpaired) electrons. The predicted octanol–water partition coefficient (Wildman–Crippen LogP) is 2.07. The van der Waals surface area contributed by atoms with E-state index in [2.05, 4.69) is 10.4 Å². The molecule has 1 fully saturated rings. The summed E-state index contributed by atoms with van der Waals surface area (Å²) in [6.07, 6.45) is 0. The number of hydrogen-bond donors (Lipinski definition) is 1. The fraction of sp³-hybridized carbons (Fsp3) is 0.636. The van der Waals surface area contributed by atoms with Crippen LogP contribution in [0.15, 0.2) is 16.5 Å². The molecule has 1 aromatic heterocycles. The molecule has 0 aliphatic carbocycles. The SMILES string of the molecule is FC(F)SCc1ccc(CNN2CCOCC2)o1. The Labute approximate surface area is 109 Å². The van der Waals surface area contributed by atoms with Crippen molar-refractivity contribution in [3.8, 4) is 0 Å². The van der Waals surface area contributed by atoms with E-state index in [1.54, 1.807) is 6.07 Å². The van der Waals surface area contributed by atoms with Crippen molar-refractivity contribution in [2.24, 2.45) is 0 Å². The van der Waals surface area contributed by atoms with Crippen LogP contribution in [0, 0.1) is 0 Å². The van der Waals surface area contributed by atoms with Crippen LogP contribution in [0.2, 0.25) is 0 Å². The van der Waals surface area contributed by atoms with E-state index in [9.17, 15) is 8.78 Å². The molecule has 2 rings (SSSR count). The van der Waals surface area contributed by atoms with Gasteiger partial charge in [-0.3, -0.25) is 0 Å². The van der Waals surface area contributed by atoms with Crippen LogP contribution < -0.4 is 5.43 Å². The molecule has 102 valence electrons. The number of nitrogens with zero attached hydrogens (tertiary/aromatic N) is 1. The summed E-state index contributed by atoms with van der Waals surface area (Å²) in [7, 11) is 0. The van der Waals surface area contributed by atoms with Crippen LogP contribution in [0.25, 0.3) is 0 Å². The lowest BCUT2D eigenvalue weighted by atomic mass is 10.4. The Balaban J connectivity index is 1.72. The Morgan fingerprint density at radius 3 is 2.72 bits per heavy atom. The van der Waals surface area contributed by atoms with Crippen LogP contribution in [-0.4, -0.2) is 37.1 Å². The van der Waals surface area contributed by atoms with Gasteiger partial charge in [-0.25, -0.2) is 10.4 Å². The molecule has 0 amide bonds. The highest BCUT2D eigenvalue weighted by Crippen LogP contribution is 2.21. The highest BCUT2D eigenvalue weighted by Gasteiger charge is 2.11. The van der Waals surface area contributed by atoms with E-state index >= 15 is 0 Å². The van der Waals surface area contributed by atoms with Crippen molar-refractivity contribution in [1.29, 1.82) is 0 Å². The lowest BCUT2D eigenvalue weighted by molar-refractivity contribution is 0.00941. The van der Waals surface area contributed by atoms with Gasteiger partial charge in [0.15, 0.2) is 0 Å². The van der Waals surface area contributed by atoms with E-state index in [1.165, 1.54) is 0 Å². The second kappa shape index (κ2) is 7.08. The van der Waals surface area contributed by atoms with Crippen molar-refractivity contribution >= 4 is 11.8 Å². The molecule has 1 aromatic rings.